The van der Waals surface area contributed by atoms with E-state index in [0.717, 1.165) is 50.3 Å². The average Bonchev–Trinajstić information content (AvgIpc) is 3.15. The van der Waals surface area contributed by atoms with Crippen LogP contribution in [0, 0.1) is 19.8 Å². The van der Waals surface area contributed by atoms with Crippen LogP contribution in [0.25, 0.3) is 0 Å². The van der Waals surface area contributed by atoms with Crippen LogP contribution in [-0.4, -0.2) is 38.2 Å². The molecule has 0 aromatic carbocycles. The molecule has 1 aliphatic heterocycles. The Morgan fingerprint density at radius 2 is 1.94 bits per heavy atom. The van der Waals surface area contributed by atoms with Gasteiger partial charge in [-0.2, -0.15) is 0 Å². The van der Waals surface area contributed by atoms with Gasteiger partial charge in [0.2, 0.25) is 5.91 Å². The van der Waals surface area contributed by atoms with Crippen LogP contribution in [0.2, 0.25) is 0 Å². The Hall–Kier alpha value is -2.15. The van der Waals surface area contributed by atoms with Gasteiger partial charge in [0.1, 0.15) is 11.6 Å². The van der Waals surface area contributed by atoms with E-state index in [4.69, 9.17) is 0 Å². The topological polar surface area (TPSA) is 62.8 Å². The molecule has 0 radical (unpaired) electrons. The van der Waals surface area contributed by atoms with Crippen molar-refractivity contribution in [1.29, 1.82) is 0 Å². The number of thiophene rings is 1. The molecule has 0 spiro atoms. The van der Waals surface area contributed by atoms with Gasteiger partial charge in [-0.15, -0.1) is 21.5 Å². The van der Waals surface area contributed by atoms with Crippen LogP contribution in [0.1, 0.15) is 112 Å². The fourth-order valence-corrected chi connectivity index (χ4v) is 6.65. The maximum Gasteiger partial charge on any atom is 0.223 e. The molecule has 6 nitrogen and oxygen atoms in total. The number of hydrogen-bond donors (Lipinski definition) is 1. The molecule has 7 heteroatoms. The van der Waals surface area contributed by atoms with Gasteiger partial charge in [0.25, 0.3) is 0 Å². The van der Waals surface area contributed by atoms with Gasteiger partial charge in [-0.25, -0.2) is 0 Å². The van der Waals surface area contributed by atoms with Crippen molar-refractivity contribution in [3.63, 3.8) is 0 Å². The van der Waals surface area contributed by atoms with E-state index in [-0.39, 0.29) is 17.9 Å². The summed E-state index contributed by atoms with van der Waals surface area (Å²) in [7, 11) is 0. The van der Waals surface area contributed by atoms with Crippen molar-refractivity contribution in [2.24, 2.45) is 5.92 Å². The summed E-state index contributed by atoms with van der Waals surface area (Å²) in [5.41, 5.74) is 1.22. The SMILES string of the molecule is C=C1C(CC(CC)n2c(C)nnc2C(C)C)N1CC[C@H](NC(=O)C1CCCCC1)c1ccc(C)s1. The van der Waals surface area contributed by atoms with E-state index in [1.54, 1.807) is 11.3 Å². The Kier molecular flexibility index (Phi) is 8.35. The van der Waals surface area contributed by atoms with Crippen LogP contribution in [-0.2, 0) is 4.79 Å². The largest absolute Gasteiger partial charge is 0.365 e. The van der Waals surface area contributed by atoms with Gasteiger partial charge >= 0.3 is 0 Å². The summed E-state index contributed by atoms with van der Waals surface area (Å²) in [6.07, 6.45) is 8.68. The normalized spacial score (nSPS) is 20.3. The highest BCUT2D eigenvalue weighted by molar-refractivity contribution is 7.12. The first kappa shape index (κ1) is 25.9. The van der Waals surface area contributed by atoms with Crippen molar-refractivity contribution in [1.82, 2.24) is 25.0 Å². The molecule has 3 heterocycles. The molecule has 2 fully saturated rings. The van der Waals surface area contributed by atoms with Gasteiger partial charge < -0.3 is 14.8 Å². The molecular weight excluding hydrogens is 454 g/mol. The number of aromatic nitrogens is 3. The summed E-state index contributed by atoms with van der Waals surface area (Å²) >= 11 is 1.80. The fraction of sp³-hybridized carbons (Fsp3) is 0.679. The first-order valence-electron chi connectivity index (χ1n) is 13.5. The van der Waals surface area contributed by atoms with Gasteiger partial charge in [-0.1, -0.05) is 46.6 Å². The third-order valence-corrected chi connectivity index (χ3v) is 8.97. The van der Waals surface area contributed by atoms with Crippen LogP contribution in [0.5, 0.6) is 0 Å². The predicted octanol–water partition coefficient (Wildman–Crippen LogP) is 6.45. The van der Waals surface area contributed by atoms with E-state index in [9.17, 15) is 4.79 Å². The van der Waals surface area contributed by atoms with E-state index < -0.39 is 0 Å². The zero-order valence-corrected chi connectivity index (χ0v) is 23.0. The summed E-state index contributed by atoms with van der Waals surface area (Å²) < 4.78 is 2.34. The molecule has 1 aliphatic carbocycles. The quantitative estimate of drug-likeness (QED) is 0.363. The first-order valence-corrected chi connectivity index (χ1v) is 14.3. The van der Waals surface area contributed by atoms with Crippen molar-refractivity contribution < 1.29 is 4.79 Å². The van der Waals surface area contributed by atoms with Crippen molar-refractivity contribution in [3.05, 3.63) is 45.8 Å². The summed E-state index contributed by atoms with van der Waals surface area (Å²) in [5.74, 6) is 2.86. The number of carbonyl (C=O) groups excluding carboxylic acids is 1. The minimum Gasteiger partial charge on any atom is -0.365 e. The number of nitrogens with one attached hydrogen (secondary N) is 1. The van der Waals surface area contributed by atoms with Gasteiger partial charge in [0, 0.05) is 39.9 Å². The third-order valence-electron chi connectivity index (χ3n) is 7.86. The second-order valence-corrected chi connectivity index (χ2v) is 12.1. The van der Waals surface area contributed by atoms with E-state index in [1.165, 1.54) is 34.7 Å². The number of hydrogen-bond acceptors (Lipinski definition) is 5. The number of rotatable bonds is 11. The molecule has 4 rings (SSSR count). The van der Waals surface area contributed by atoms with Crippen LogP contribution in [0.15, 0.2) is 24.4 Å². The Bertz CT molecular complexity index is 1020. The molecule has 35 heavy (non-hydrogen) atoms. The third kappa shape index (κ3) is 5.99. The molecule has 1 saturated heterocycles. The monoisotopic (exact) mass is 497 g/mol. The zero-order chi connectivity index (χ0) is 25.1. The highest BCUT2D eigenvalue weighted by atomic mass is 32.1. The van der Waals surface area contributed by atoms with Crippen LogP contribution in [0.3, 0.4) is 0 Å². The predicted molar refractivity (Wildman–Crippen MR) is 144 cm³/mol. The Balaban J connectivity index is 1.39. The molecule has 2 aromatic heterocycles. The van der Waals surface area contributed by atoms with Crippen molar-refractivity contribution >= 4 is 17.2 Å². The lowest BCUT2D eigenvalue weighted by Crippen LogP contribution is -2.35. The molecule has 1 saturated carbocycles. The molecule has 2 aliphatic rings. The van der Waals surface area contributed by atoms with Crippen molar-refractivity contribution in [2.45, 2.75) is 110 Å². The second kappa shape index (κ2) is 11.3. The van der Waals surface area contributed by atoms with E-state index in [0.29, 0.717) is 18.0 Å². The fourth-order valence-electron chi connectivity index (χ4n) is 5.69. The van der Waals surface area contributed by atoms with Crippen molar-refractivity contribution in [2.75, 3.05) is 6.54 Å². The molecule has 0 bridgehead atoms. The lowest BCUT2D eigenvalue weighted by Gasteiger charge is -2.25. The Morgan fingerprint density at radius 3 is 2.57 bits per heavy atom. The molecule has 2 aromatic rings. The molecule has 3 atom stereocenters. The highest BCUT2D eigenvalue weighted by Crippen LogP contribution is 2.40. The molecule has 1 N–H and O–H groups in total. The summed E-state index contributed by atoms with van der Waals surface area (Å²) in [5, 5.41) is 12.2. The summed E-state index contributed by atoms with van der Waals surface area (Å²) in [6.45, 7) is 16.1. The number of carbonyl (C=O) groups is 1. The molecular formula is C28H43N5OS. The minimum absolute atomic E-state index is 0.0757. The number of aryl methyl sites for hydroxylation is 2. The zero-order valence-electron chi connectivity index (χ0n) is 22.2. The van der Waals surface area contributed by atoms with Gasteiger partial charge in [-0.05, 0) is 58.1 Å². The second-order valence-electron chi connectivity index (χ2n) is 10.8. The van der Waals surface area contributed by atoms with Gasteiger partial charge in [0.15, 0.2) is 0 Å². The minimum atomic E-state index is 0.0757. The molecule has 192 valence electrons. The highest BCUT2D eigenvalue weighted by Gasteiger charge is 2.41. The van der Waals surface area contributed by atoms with Crippen LogP contribution < -0.4 is 5.32 Å². The van der Waals surface area contributed by atoms with Crippen molar-refractivity contribution in [3.8, 4) is 0 Å². The molecule has 1 amide bonds. The first-order chi connectivity index (χ1) is 16.8. The van der Waals surface area contributed by atoms with Crippen LogP contribution >= 0.6 is 11.3 Å². The maximum atomic E-state index is 13.1. The van der Waals surface area contributed by atoms with Crippen LogP contribution in [0.4, 0.5) is 0 Å². The number of amides is 1. The average molecular weight is 498 g/mol. The standard InChI is InChI=1S/C28H43N5OS/c1-7-23(33-21(6)30-31-27(33)18(2)3)17-25-20(5)32(25)16-15-24(26-14-13-19(4)35-26)29-28(34)22-11-9-8-10-12-22/h13-14,18,22-25H,5,7-12,15-17H2,1-4,6H3,(H,29,34)/t23?,24-,25?,32?/m0/s1. The summed E-state index contributed by atoms with van der Waals surface area (Å²) in [4.78, 5) is 18.0. The Morgan fingerprint density at radius 1 is 1.20 bits per heavy atom. The summed E-state index contributed by atoms with van der Waals surface area (Å²) in [6, 6.07) is 5.19. The van der Waals surface area contributed by atoms with Gasteiger partial charge in [0.05, 0.1) is 12.1 Å². The lowest BCUT2D eigenvalue weighted by molar-refractivity contribution is -0.126. The van der Waals surface area contributed by atoms with E-state index in [1.807, 2.05) is 0 Å². The van der Waals surface area contributed by atoms with Gasteiger partial charge in [-0.3, -0.25) is 4.79 Å². The maximum absolute atomic E-state index is 13.1. The van der Waals surface area contributed by atoms with E-state index >= 15 is 0 Å². The number of nitrogens with zero attached hydrogens (tertiary/aromatic N) is 4. The smallest absolute Gasteiger partial charge is 0.223 e. The Labute approximate surface area is 215 Å². The van der Waals surface area contributed by atoms with E-state index in [2.05, 4.69) is 78.3 Å². The molecule has 2 unspecified atom stereocenters. The lowest BCUT2D eigenvalue weighted by atomic mass is 9.88.